The smallest absolute Gasteiger partial charge is 0.277 e. The maximum atomic E-state index is 12.6. The number of anilines is 1. The summed E-state index contributed by atoms with van der Waals surface area (Å²) in [6.07, 6.45) is -1.38. The molecule has 0 saturated heterocycles. The number of halogens is 3. The van der Waals surface area contributed by atoms with Crippen LogP contribution in [0.15, 0.2) is 48.5 Å². The maximum Gasteiger partial charge on any atom is 0.277 e. The van der Waals surface area contributed by atoms with Crippen LogP contribution in [0.4, 0.5) is 17.1 Å². The summed E-state index contributed by atoms with van der Waals surface area (Å²) < 4.78 is -2.09. The van der Waals surface area contributed by atoms with Gasteiger partial charge in [-0.1, -0.05) is 53.0 Å². The molecule has 0 radical (unpaired) electrons. The first-order valence-electron chi connectivity index (χ1n) is 7.91. The zero-order valence-corrected chi connectivity index (χ0v) is 17.8. The Morgan fingerprint density at radius 1 is 0.967 bits per heavy atom. The zero-order valence-electron chi connectivity index (χ0n) is 14.7. The lowest BCUT2D eigenvalue weighted by molar-refractivity contribution is -0.394. The Kier molecular flexibility index (Phi) is 7.73. The van der Waals surface area contributed by atoms with Crippen LogP contribution in [-0.4, -0.2) is 30.8 Å². The summed E-state index contributed by atoms with van der Waals surface area (Å²) >= 11 is 22.8. The van der Waals surface area contributed by atoms with Crippen molar-refractivity contribution in [2.24, 2.45) is 0 Å². The lowest BCUT2D eigenvalue weighted by atomic mass is 10.1. The molecule has 3 N–H and O–H groups in total. The molecule has 2 aromatic carbocycles. The highest BCUT2D eigenvalue weighted by Crippen LogP contribution is 2.30. The molecular formula is C16H12Cl3N5O5S. The minimum atomic E-state index is -2.09. The minimum absolute atomic E-state index is 0.00264. The number of thiocarbonyl (C=S) groups is 1. The molecule has 0 heterocycles. The van der Waals surface area contributed by atoms with E-state index in [9.17, 15) is 25.0 Å². The Labute approximate surface area is 189 Å². The van der Waals surface area contributed by atoms with Crippen LogP contribution in [0.1, 0.15) is 10.4 Å². The third-order valence-corrected chi connectivity index (χ3v) is 4.37. The number of amides is 1. The van der Waals surface area contributed by atoms with Crippen molar-refractivity contribution >= 4 is 75.1 Å². The number of nitro groups is 2. The summed E-state index contributed by atoms with van der Waals surface area (Å²) in [5.41, 5.74) is -1.04. The summed E-state index contributed by atoms with van der Waals surface area (Å²) in [4.78, 5) is 32.8. The van der Waals surface area contributed by atoms with Crippen molar-refractivity contribution < 1.29 is 14.6 Å². The second-order valence-electron chi connectivity index (χ2n) is 5.66. The molecular weight excluding hydrogens is 481 g/mol. The van der Waals surface area contributed by atoms with Crippen LogP contribution in [0.3, 0.4) is 0 Å². The molecule has 0 aromatic heterocycles. The Morgan fingerprint density at radius 2 is 1.50 bits per heavy atom. The van der Waals surface area contributed by atoms with E-state index in [1.807, 2.05) is 0 Å². The van der Waals surface area contributed by atoms with Gasteiger partial charge in [-0.25, -0.2) is 0 Å². The number of benzene rings is 2. The fourth-order valence-corrected chi connectivity index (χ4v) is 2.73. The van der Waals surface area contributed by atoms with Crippen molar-refractivity contribution in [3.63, 3.8) is 0 Å². The highest BCUT2D eigenvalue weighted by atomic mass is 35.6. The lowest BCUT2D eigenvalue weighted by Crippen LogP contribution is -2.56. The Morgan fingerprint density at radius 3 is 1.97 bits per heavy atom. The summed E-state index contributed by atoms with van der Waals surface area (Å²) in [6, 6.07) is 11.2. The second kappa shape index (κ2) is 9.85. The average Bonchev–Trinajstić information content (AvgIpc) is 2.66. The predicted molar refractivity (Wildman–Crippen MR) is 117 cm³/mol. The predicted octanol–water partition coefficient (Wildman–Crippen LogP) is 3.92. The van der Waals surface area contributed by atoms with Crippen LogP contribution < -0.4 is 16.0 Å². The number of rotatable bonds is 6. The van der Waals surface area contributed by atoms with E-state index in [0.29, 0.717) is 5.69 Å². The van der Waals surface area contributed by atoms with Gasteiger partial charge in [-0.2, -0.15) is 0 Å². The van der Waals surface area contributed by atoms with Crippen molar-refractivity contribution in [2.75, 3.05) is 5.32 Å². The van der Waals surface area contributed by atoms with E-state index in [2.05, 4.69) is 16.0 Å². The van der Waals surface area contributed by atoms with Gasteiger partial charge in [0.15, 0.2) is 5.11 Å². The largest absolute Gasteiger partial charge is 0.339 e. The molecule has 2 aromatic rings. The second-order valence-corrected chi connectivity index (χ2v) is 8.44. The van der Waals surface area contributed by atoms with Crippen molar-refractivity contribution in [1.82, 2.24) is 10.6 Å². The van der Waals surface area contributed by atoms with Gasteiger partial charge in [-0.3, -0.25) is 25.0 Å². The van der Waals surface area contributed by atoms with Crippen molar-refractivity contribution in [3.8, 4) is 0 Å². The zero-order chi connectivity index (χ0) is 22.5. The number of hydrogen-bond donors (Lipinski definition) is 3. The van der Waals surface area contributed by atoms with Gasteiger partial charge in [0.2, 0.25) is 3.79 Å². The third kappa shape index (κ3) is 6.66. The topological polar surface area (TPSA) is 139 Å². The van der Waals surface area contributed by atoms with E-state index in [0.717, 1.165) is 18.2 Å². The molecule has 1 amide bonds. The number of carbonyl (C=O) groups is 1. The number of alkyl halides is 3. The summed E-state index contributed by atoms with van der Waals surface area (Å²) in [5.74, 6) is -0.965. The lowest BCUT2D eigenvalue weighted by Gasteiger charge is -2.27. The van der Waals surface area contributed by atoms with E-state index in [1.165, 1.54) is 0 Å². The fourth-order valence-electron chi connectivity index (χ4n) is 2.17. The first-order valence-corrected chi connectivity index (χ1v) is 9.45. The van der Waals surface area contributed by atoms with Crippen LogP contribution in [0.2, 0.25) is 0 Å². The number of nitrogens with one attached hydrogen (secondary N) is 3. The highest BCUT2D eigenvalue weighted by molar-refractivity contribution is 7.80. The number of nitro benzene ring substituents is 2. The fraction of sp³-hybridized carbons (Fsp3) is 0.125. The summed E-state index contributed by atoms with van der Waals surface area (Å²) in [6.45, 7) is 0. The highest BCUT2D eigenvalue weighted by Gasteiger charge is 2.35. The molecule has 0 unspecified atom stereocenters. The molecule has 0 saturated carbocycles. The normalized spacial score (nSPS) is 11.8. The number of non-ortho nitro benzene ring substituents is 2. The summed E-state index contributed by atoms with van der Waals surface area (Å²) in [7, 11) is 0. The van der Waals surface area contributed by atoms with E-state index >= 15 is 0 Å². The van der Waals surface area contributed by atoms with E-state index in [4.69, 9.17) is 47.0 Å². The van der Waals surface area contributed by atoms with Crippen molar-refractivity contribution in [3.05, 3.63) is 74.3 Å². The van der Waals surface area contributed by atoms with Gasteiger partial charge in [-0.15, -0.1) is 0 Å². The number of carbonyl (C=O) groups excluding carboxylic acids is 1. The third-order valence-electron chi connectivity index (χ3n) is 3.50. The van der Waals surface area contributed by atoms with Gasteiger partial charge < -0.3 is 16.0 Å². The Hall–Kier alpha value is -2.73. The van der Waals surface area contributed by atoms with Gasteiger partial charge in [-0.05, 0) is 24.4 Å². The standard InChI is InChI=1S/C16H12Cl3N5O5S/c17-16(18,19)14(22-15(30)20-10-4-2-1-3-5-10)21-13(25)9-6-11(23(26)27)8-12(7-9)24(28)29/h1-8,14H,(H,21,25)(H2,20,22,30)/t14-/m0/s1. The molecule has 30 heavy (non-hydrogen) atoms. The molecule has 14 heteroatoms. The quantitative estimate of drug-likeness (QED) is 0.181. The van der Waals surface area contributed by atoms with Gasteiger partial charge >= 0.3 is 0 Å². The van der Waals surface area contributed by atoms with Crippen LogP contribution >= 0.6 is 47.0 Å². The van der Waals surface area contributed by atoms with E-state index in [1.54, 1.807) is 30.3 Å². The molecule has 10 nitrogen and oxygen atoms in total. The van der Waals surface area contributed by atoms with Crippen LogP contribution in [0, 0.1) is 20.2 Å². The molecule has 0 aliphatic carbocycles. The molecule has 0 bridgehead atoms. The average molecular weight is 493 g/mol. The molecule has 0 spiro atoms. The van der Waals surface area contributed by atoms with Crippen LogP contribution in [0.25, 0.3) is 0 Å². The SMILES string of the molecule is O=C(N[C@@H](NC(=S)Nc1ccccc1)C(Cl)(Cl)Cl)c1cc([N+](=O)[O-])cc([N+](=O)[O-])c1. The first kappa shape index (κ1) is 23.5. The van der Waals surface area contributed by atoms with Crippen molar-refractivity contribution in [2.45, 2.75) is 9.96 Å². The minimum Gasteiger partial charge on any atom is -0.339 e. The molecule has 158 valence electrons. The molecule has 0 aliphatic heterocycles. The maximum absolute atomic E-state index is 12.6. The molecule has 0 aliphatic rings. The number of nitrogens with zero attached hydrogens (tertiary/aromatic N) is 2. The number of para-hydroxylation sites is 1. The molecule has 1 atom stereocenters. The van der Waals surface area contributed by atoms with E-state index < -0.39 is 37.1 Å². The van der Waals surface area contributed by atoms with Crippen LogP contribution in [-0.2, 0) is 0 Å². The van der Waals surface area contributed by atoms with Crippen LogP contribution in [0.5, 0.6) is 0 Å². The Bertz CT molecular complexity index is 955. The summed E-state index contributed by atoms with van der Waals surface area (Å²) in [5, 5.41) is 29.7. The Balaban J connectivity index is 2.22. The van der Waals surface area contributed by atoms with Gasteiger partial charge in [0.1, 0.15) is 6.17 Å². The van der Waals surface area contributed by atoms with E-state index in [-0.39, 0.29) is 10.7 Å². The first-order chi connectivity index (χ1) is 14.0. The monoisotopic (exact) mass is 491 g/mol. The van der Waals surface area contributed by atoms with Crippen molar-refractivity contribution in [1.29, 1.82) is 0 Å². The molecule has 2 rings (SSSR count). The van der Waals surface area contributed by atoms with Gasteiger partial charge in [0.25, 0.3) is 17.3 Å². The molecule has 0 fully saturated rings. The van der Waals surface area contributed by atoms with Gasteiger partial charge in [0.05, 0.1) is 21.5 Å². The van der Waals surface area contributed by atoms with Gasteiger partial charge in [0, 0.05) is 17.8 Å². The number of hydrogen-bond acceptors (Lipinski definition) is 6.